The van der Waals surface area contributed by atoms with Crippen LogP contribution >= 0.6 is 0 Å². The van der Waals surface area contributed by atoms with Crippen molar-refractivity contribution in [2.24, 2.45) is 0 Å². The minimum absolute atomic E-state index is 0.0397. The Labute approximate surface area is 162 Å². The maximum Gasteiger partial charge on any atom is 0.237 e. The van der Waals surface area contributed by atoms with Gasteiger partial charge in [0, 0.05) is 19.1 Å². The summed E-state index contributed by atoms with van der Waals surface area (Å²) in [5.41, 5.74) is 0.726. The van der Waals surface area contributed by atoms with Crippen LogP contribution in [-0.4, -0.2) is 48.4 Å². The van der Waals surface area contributed by atoms with Gasteiger partial charge in [-0.05, 0) is 44.7 Å². The Morgan fingerprint density at radius 1 is 1.15 bits per heavy atom. The average Bonchev–Trinajstić information content (AvgIpc) is 3.31. The molecule has 2 aliphatic rings. The molecule has 1 aliphatic heterocycles. The van der Waals surface area contributed by atoms with Crippen LogP contribution in [0.5, 0.6) is 0 Å². The Balaban J connectivity index is 1.72. The van der Waals surface area contributed by atoms with E-state index >= 15 is 0 Å². The Hall–Kier alpha value is -1.88. The van der Waals surface area contributed by atoms with Gasteiger partial charge in [-0.3, -0.25) is 14.5 Å². The molecule has 5 nitrogen and oxygen atoms in total. The van der Waals surface area contributed by atoms with Crippen LogP contribution < -0.4 is 10.6 Å². The van der Waals surface area contributed by atoms with Crippen molar-refractivity contribution in [3.63, 3.8) is 0 Å². The van der Waals surface area contributed by atoms with Crippen LogP contribution in [0.25, 0.3) is 0 Å². The summed E-state index contributed by atoms with van der Waals surface area (Å²) >= 11 is 0. The number of rotatable bonds is 7. The SMILES string of the molecule is CCCN1C[C@@H](NC(=O)C2(c3ccccc3)CCCC2)C[C@H]1C(=O)NCC. The highest BCUT2D eigenvalue weighted by Gasteiger charge is 2.45. The van der Waals surface area contributed by atoms with Gasteiger partial charge in [0.15, 0.2) is 0 Å². The van der Waals surface area contributed by atoms with E-state index in [1.807, 2.05) is 25.1 Å². The lowest BCUT2D eigenvalue weighted by Gasteiger charge is -2.30. The molecular weight excluding hydrogens is 338 g/mol. The molecule has 27 heavy (non-hydrogen) atoms. The third-order valence-electron chi connectivity index (χ3n) is 6.12. The molecule has 1 aliphatic carbocycles. The van der Waals surface area contributed by atoms with E-state index in [-0.39, 0.29) is 23.9 Å². The van der Waals surface area contributed by atoms with Crippen LogP contribution in [0.1, 0.15) is 57.9 Å². The summed E-state index contributed by atoms with van der Waals surface area (Å²) in [6, 6.07) is 10.1. The normalized spacial score (nSPS) is 24.7. The molecule has 5 heteroatoms. The molecule has 1 saturated carbocycles. The van der Waals surface area contributed by atoms with Gasteiger partial charge in [0.25, 0.3) is 0 Å². The summed E-state index contributed by atoms with van der Waals surface area (Å²) in [4.78, 5) is 28.0. The molecule has 0 bridgehead atoms. The lowest BCUT2D eigenvalue weighted by Crippen LogP contribution is -2.47. The topological polar surface area (TPSA) is 61.4 Å². The van der Waals surface area contributed by atoms with Crippen molar-refractivity contribution in [1.82, 2.24) is 15.5 Å². The van der Waals surface area contributed by atoms with Crippen molar-refractivity contribution in [2.45, 2.75) is 69.9 Å². The second-order valence-electron chi connectivity index (χ2n) is 7.97. The number of likely N-dealkylation sites (tertiary alicyclic amines) is 1. The third-order valence-corrected chi connectivity index (χ3v) is 6.12. The second-order valence-corrected chi connectivity index (χ2v) is 7.97. The Bertz CT molecular complexity index is 640. The van der Waals surface area contributed by atoms with E-state index in [2.05, 4.69) is 34.6 Å². The van der Waals surface area contributed by atoms with E-state index in [0.29, 0.717) is 13.0 Å². The highest BCUT2D eigenvalue weighted by atomic mass is 16.2. The largest absolute Gasteiger partial charge is 0.355 e. The van der Waals surface area contributed by atoms with Gasteiger partial charge in [0.1, 0.15) is 0 Å². The standard InChI is InChI=1S/C22H33N3O2/c1-3-14-25-16-18(15-19(25)20(26)23-4-2)24-21(27)22(12-8-9-13-22)17-10-6-5-7-11-17/h5-7,10-11,18-19H,3-4,8-9,12-16H2,1-2H3,(H,23,26)(H,24,27)/t18-,19-/m0/s1. The van der Waals surface area contributed by atoms with Crippen molar-refractivity contribution in [1.29, 1.82) is 0 Å². The van der Waals surface area contributed by atoms with Crippen LogP contribution in [0.15, 0.2) is 30.3 Å². The van der Waals surface area contributed by atoms with Gasteiger partial charge in [0.05, 0.1) is 11.5 Å². The predicted molar refractivity (Wildman–Crippen MR) is 107 cm³/mol. The van der Waals surface area contributed by atoms with E-state index in [4.69, 9.17) is 0 Å². The van der Waals surface area contributed by atoms with E-state index in [9.17, 15) is 9.59 Å². The molecule has 1 aromatic carbocycles. The molecule has 1 aromatic rings. The number of amides is 2. The highest BCUT2D eigenvalue weighted by molar-refractivity contribution is 5.89. The van der Waals surface area contributed by atoms with Gasteiger partial charge in [-0.15, -0.1) is 0 Å². The van der Waals surface area contributed by atoms with E-state index in [0.717, 1.165) is 50.8 Å². The Morgan fingerprint density at radius 3 is 2.48 bits per heavy atom. The fourth-order valence-electron chi connectivity index (χ4n) is 4.81. The van der Waals surface area contributed by atoms with Gasteiger partial charge in [-0.2, -0.15) is 0 Å². The molecule has 0 spiro atoms. The van der Waals surface area contributed by atoms with E-state index in [1.54, 1.807) is 0 Å². The number of nitrogens with zero attached hydrogens (tertiary/aromatic N) is 1. The van der Waals surface area contributed by atoms with Crippen molar-refractivity contribution in [3.05, 3.63) is 35.9 Å². The molecule has 148 valence electrons. The highest BCUT2D eigenvalue weighted by Crippen LogP contribution is 2.41. The number of hydrogen-bond acceptors (Lipinski definition) is 3. The molecule has 2 amide bonds. The minimum Gasteiger partial charge on any atom is -0.355 e. The maximum atomic E-state index is 13.4. The molecule has 1 saturated heterocycles. The fraction of sp³-hybridized carbons (Fsp3) is 0.636. The zero-order chi connectivity index (χ0) is 19.3. The summed E-state index contributed by atoms with van der Waals surface area (Å²) in [7, 11) is 0. The first-order valence-electron chi connectivity index (χ1n) is 10.5. The maximum absolute atomic E-state index is 13.4. The van der Waals surface area contributed by atoms with Crippen LogP contribution in [-0.2, 0) is 15.0 Å². The van der Waals surface area contributed by atoms with Gasteiger partial charge in [0.2, 0.25) is 11.8 Å². The fourth-order valence-corrected chi connectivity index (χ4v) is 4.81. The van der Waals surface area contributed by atoms with Gasteiger partial charge in [-0.1, -0.05) is 50.1 Å². The molecule has 3 rings (SSSR count). The smallest absolute Gasteiger partial charge is 0.237 e. The summed E-state index contributed by atoms with van der Waals surface area (Å²) in [6.45, 7) is 6.36. The third kappa shape index (κ3) is 4.18. The lowest BCUT2D eigenvalue weighted by molar-refractivity contribution is -0.127. The van der Waals surface area contributed by atoms with Crippen molar-refractivity contribution >= 4 is 11.8 Å². The van der Waals surface area contributed by atoms with Gasteiger partial charge >= 0.3 is 0 Å². The molecule has 1 heterocycles. The second kappa shape index (κ2) is 8.87. The zero-order valence-corrected chi connectivity index (χ0v) is 16.7. The number of benzene rings is 1. The van der Waals surface area contributed by atoms with E-state index < -0.39 is 5.41 Å². The molecule has 0 unspecified atom stereocenters. The van der Waals surface area contributed by atoms with Crippen molar-refractivity contribution in [3.8, 4) is 0 Å². The monoisotopic (exact) mass is 371 g/mol. The van der Waals surface area contributed by atoms with Crippen LogP contribution in [0.2, 0.25) is 0 Å². The zero-order valence-electron chi connectivity index (χ0n) is 16.7. The van der Waals surface area contributed by atoms with E-state index in [1.165, 1.54) is 0 Å². The summed E-state index contributed by atoms with van der Waals surface area (Å²) < 4.78 is 0. The van der Waals surface area contributed by atoms with Gasteiger partial charge < -0.3 is 10.6 Å². The Kier molecular flexibility index (Phi) is 6.53. The first-order valence-corrected chi connectivity index (χ1v) is 10.5. The molecule has 0 aromatic heterocycles. The van der Waals surface area contributed by atoms with Crippen LogP contribution in [0.3, 0.4) is 0 Å². The molecule has 2 atom stereocenters. The summed E-state index contributed by atoms with van der Waals surface area (Å²) in [5, 5.41) is 6.26. The Morgan fingerprint density at radius 2 is 1.85 bits per heavy atom. The van der Waals surface area contributed by atoms with Crippen LogP contribution in [0, 0.1) is 0 Å². The molecule has 2 N–H and O–H groups in total. The first-order chi connectivity index (χ1) is 13.1. The lowest BCUT2D eigenvalue weighted by atomic mass is 9.78. The van der Waals surface area contributed by atoms with Crippen LogP contribution in [0.4, 0.5) is 0 Å². The van der Waals surface area contributed by atoms with Crippen molar-refractivity contribution in [2.75, 3.05) is 19.6 Å². The average molecular weight is 372 g/mol. The number of carbonyl (C=O) groups excluding carboxylic acids is 2. The number of carbonyl (C=O) groups is 2. The number of likely N-dealkylation sites (N-methyl/N-ethyl adjacent to an activating group) is 1. The van der Waals surface area contributed by atoms with Gasteiger partial charge in [-0.25, -0.2) is 0 Å². The minimum atomic E-state index is -0.402. The van der Waals surface area contributed by atoms with Crippen molar-refractivity contribution < 1.29 is 9.59 Å². The number of hydrogen-bond donors (Lipinski definition) is 2. The molecule has 2 fully saturated rings. The number of nitrogens with one attached hydrogen (secondary N) is 2. The predicted octanol–water partition coefficient (Wildman–Crippen LogP) is 2.60. The quantitative estimate of drug-likeness (QED) is 0.774. The summed E-state index contributed by atoms with van der Waals surface area (Å²) in [5.74, 6) is 0.227. The molecular formula is C22H33N3O2. The first kappa shape index (κ1) is 19.9. The molecule has 0 radical (unpaired) electrons. The summed E-state index contributed by atoms with van der Waals surface area (Å²) in [6.07, 6.45) is 5.71.